The standard InChI is InChI=1S/C16H19N/c1-13-3-7-15(8-4-13)16-9-5-14(6-10-16)11-12-17-2/h3-10,17H,11-12H2,1-2H3. The first-order valence-electron chi connectivity index (χ1n) is 6.10. The van der Waals surface area contributed by atoms with Crippen LogP contribution in [0.3, 0.4) is 0 Å². The molecule has 0 aliphatic rings. The van der Waals surface area contributed by atoms with Crippen LogP contribution < -0.4 is 5.32 Å². The van der Waals surface area contributed by atoms with Gasteiger partial charge < -0.3 is 5.32 Å². The van der Waals surface area contributed by atoms with E-state index in [0.717, 1.165) is 13.0 Å². The zero-order chi connectivity index (χ0) is 12.1. The van der Waals surface area contributed by atoms with Crippen molar-refractivity contribution in [2.45, 2.75) is 13.3 Å². The number of likely N-dealkylation sites (N-methyl/N-ethyl adjacent to an activating group) is 1. The van der Waals surface area contributed by atoms with Crippen LogP contribution in [0.1, 0.15) is 11.1 Å². The number of hydrogen-bond acceptors (Lipinski definition) is 1. The second-order valence-corrected chi connectivity index (χ2v) is 4.42. The molecule has 0 unspecified atom stereocenters. The van der Waals surface area contributed by atoms with Gasteiger partial charge in [-0.25, -0.2) is 0 Å². The summed E-state index contributed by atoms with van der Waals surface area (Å²) < 4.78 is 0. The minimum Gasteiger partial charge on any atom is -0.319 e. The summed E-state index contributed by atoms with van der Waals surface area (Å²) in [6, 6.07) is 17.5. The maximum atomic E-state index is 3.17. The molecule has 0 atom stereocenters. The molecule has 0 heterocycles. The van der Waals surface area contributed by atoms with Crippen molar-refractivity contribution in [2.24, 2.45) is 0 Å². The number of nitrogens with one attached hydrogen (secondary N) is 1. The van der Waals surface area contributed by atoms with Crippen LogP contribution in [-0.4, -0.2) is 13.6 Å². The fourth-order valence-electron chi connectivity index (χ4n) is 1.88. The van der Waals surface area contributed by atoms with Crippen LogP contribution in [0, 0.1) is 6.92 Å². The molecule has 2 aromatic carbocycles. The molecular weight excluding hydrogens is 206 g/mol. The number of benzene rings is 2. The smallest absolute Gasteiger partial charge is 0.00114 e. The molecule has 17 heavy (non-hydrogen) atoms. The molecule has 0 bridgehead atoms. The minimum atomic E-state index is 1.03. The van der Waals surface area contributed by atoms with Crippen LogP contribution >= 0.6 is 0 Å². The van der Waals surface area contributed by atoms with Crippen molar-refractivity contribution in [3.8, 4) is 11.1 Å². The third-order valence-corrected chi connectivity index (χ3v) is 3.00. The van der Waals surface area contributed by atoms with Gasteiger partial charge in [-0.15, -0.1) is 0 Å². The van der Waals surface area contributed by atoms with Gasteiger partial charge in [0.1, 0.15) is 0 Å². The van der Waals surface area contributed by atoms with E-state index in [-0.39, 0.29) is 0 Å². The Labute approximate surface area is 103 Å². The highest BCUT2D eigenvalue weighted by Gasteiger charge is 1.97. The molecule has 0 amide bonds. The monoisotopic (exact) mass is 225 g/mol. The van der Waals surface area contributed by atoms with Gasteiger partial charge in [0.05, 0.1) is 0 Å². The largest absolute Gasteiger partial charge is 0.319 e. The van der Waals surface area contributed by atoms with E-state index in [1.165, 1.54) is 22.3 Å². The Morgan fingerprint density at radius 3 is 1.88 bits per heavy atom. The summed E-state index contributed by atoms with van der Waals surface area (Å²) in [6.45, 7) is 3.15. The van der Waals surface area contributed by atoms with Crippen LogP contribution in [0.15, 0.2) is 48.5 Å². The highest BCUT2D eigenvalue weighted by molar-refractivity contribution is 5.63. The van der Waals surface area contributed by atoms with E-state index >= 15 is 0 Å². The Morgan fingerprint density at radius 1 is 0.824 bits per heavy atom. The topological polar surface area (TPSA) is 12.0 Å². The van der Waals surface area contributed by atoms with Gasteiger partial charge >= 0.3 is 0 Å². The van der Waals surface area contributed by atoms with Gasteiger partial charge in [-0.1, -0.05) is 54.1 Å². The van der Waals surface area contributed by atoms with Crippen molar-refractivity contribution in [1.29, 1.82) is 0 Å². The summed E-state index contributed by atoms with van der Waals surface area (Å²) in [5.41, 5.74) is 5.27. The van der Waals surface area contributed by atoms with E-state index in [4.69, 9.17) is 0 Å². The summed E-state index contributed by atoms with van der Waals surface area (Å²) in [7, 11) is 1.99. The first kappa shape index (κ1) is 11.9. The molecule has 1 heteroatoms. The molecule has 88 valence electrons. The van der Waals surface area contributed by atoms with E-state index in [1.807, 2.05) is 7.05 Å². The van der Waals surface area contributed by atoms with Crippen LogP contribution in [0.2, 0.25) is 0 Å². The van der Waals surface area contributed by atoms with Crippen LogP contribution in [0.25, 0.3) is 11.1 Å². The average Bonchev–Trinajstić information content (AvgIpc) is 2.38. The summed E-state index contributed by atoms with van der Waals surface area (Å²) >= 11 is 0. The van der Waals surface area contributed by atoms with Crippen molar-refractivity contribution in [3.05, 3.63) is 59.7 Å². The summed E-state index contributed by atoms with van der Waals surface area (Å²) in [5.74, 6) is 0. The van der Waals surface area contributed by atoms with Gasteiger partial charge in [0.25, 0.3) is 0 Å². The van der Waals surface area contributed by atoms with E-state index in [2.05, 4.69) is 60.8 Å². The van der Waals surface area contributed by atoms with Crippen molar-refractivity contribution in [1.82, 2.24) is 5.32 Å². The summed E-state index contributed by atoms with van der Waals surface area (Å²) in [6.07, 6.45) is 1.09. The fraction of sp³-hybridized carbons (Fsp3) is 0.250. The van der Waals surface area contributed by atoms with Gasteiger partial charge in [-0.3, -0.25) is 0 Å². The SMILES string of the molecule is CNCCc1ccc(-c2ccc(C)cc2)cc1. The molecule has 2 aromatic rings. The lowest BCUT2D eigenvalue weighted by molar-refractivity contribution is 0.792. The quantitative estimate of drug-likeness (QED) is 0.840. The van der Waals surface area contributed by atoms with Crippen molar-refractivity contribution >= 4 is 0 Å². The van der Waals surface area contributed by atoms with E-state index in [0.29, 0.717) is 0 Å². The lowest BCUT2D eigenvalue weighted by Crippen LogP contribution is -2.10. The second kappa shape index (κ2) is 5.65. The Balaban J connectivity index is 2.14. The zero-order valence-electron chi connectivity index (χ0n) is 10.5. The third kappa shape index (κ3) is 3.18. The predicted molar refractivity (Wildman–Crippen MR) is 74.2 cm³/mol. The minimum absolute atomic E-state index is 1.03. The molecule has 0 saturated heterocycles. The van der Waals surface area contributed by atoms with Gasteiger partial charge in [-0.05, 0) is 43.6 Å². The van der Waals surface area contributed by atoms with Gasteiger partial charge in [0.15, 0.2) is 0 Å². The maximum Gasteiger partial charge on any atom is -0.00114 e. The van der Waals surface area contributed by atoms with Crippen LogP contribution in [0.4, 0.5) is 0 Å². The van der Waals surface area contributed by atoms with Gasteiger partial charge in [-0.2, -0.15) is 0 Å². The highest BCUT2D eigenvalue weighted by Crippen LogP contribution is 2.20. The molecule has 0 aliphatic carbocycles. The molecule has 0 radical (unpaired) electrons. The summed E-state index contributed by atoms with van der Waals surface area (Å²) in [5, 5.41) is 3.17. The van der Waals surface area contributed by atoms with Crippen LogP contribution in [-0.2, 0) is 6.42 Å². The summed E-state index contributed by atoms with van der Waals surface area (Å²) in [4.78, 5) is 0. The molecule has 0 fully saturated rings. The molecular formula is C16H19N. The Morgan fingerprint density at radius 2 is 1.35 bits per heavy atom. The maximum absolute atomic E-state index is 3.17. The Kier molecular flexibility index (Phi) is 3.94. The number of aryl methyl sites for hydroxylation is 1. The molecule has 0 spiro atoms. The zero-order valence-corrected chi connectivity index (χ0v) is 10.5. The van der Waals surface area contributed by atoms with Crippen LogP contribution in [0.5, 0.6) is 0 Å². The van der Waals surface area contributed by atoms with E-state index < -0.39 is 0 Å². The Bertz CT molecular complexity index is 454. The third-order valence-electron chi connectivity index (χ3n) is 3.00. The first-order chi connectivity index (χ1) is 8.29. The fourth-order valence-corrected chi connectivity index (χ4v) is 1.88. The molecule has 0 saturated carbocycles. The van der Waals surface area contributed by atoms with E-state index in [9.17, 15) is 0 Å². The molecule has 2 rings (SSSR count). The normalized spacial score (nSPS) is 10.5. The molecule has 0 aromatic heterocycles. The molecule has 1 N–H and O–H groups in total. The average molecular weight is 225 g/mol. The van der Waals surface area contributed by atoms with Gasteiger partial charge in [0, 0.05) is 0 Å². The number of rotatable bonds is 4. The van der Waals surface area contributed by atoms with Crippen molar-refractivity contribution in [3.63, 3.8) is 0 Å². The van der Waals surface area contributed by atoms with Crippen molar-refractivity contribution < 1.29 is 0 Å². The molecule has 0 aliphatic heterocycles. The predicted octanol–water partition coefficient (Wildman–Crippen LogP) is 3.42. The lowest BCUT2D eigenvalue weighted by Gasteiger charge is -2.05. The first-order valence-corrected chi connectivity index (χ1v) is 6.10. The van der Waals surface area contributed by atoms with Gasteiger partial charge in [0.2, 0.25) is 0 Å². The second-order valence-electron chi connectivity index (χ2n) is 4.42. The molecule has 1 nitrogen and oxygen atoms in total. The van der Waals surface area contributed by atoms with Crippen molar-refractivity contribution in [2.75, 3.05) is 13.6 Å². The highest BCUT2D eigenvalue weighted by atomic mass is 14.8. The number of hydrogen-bond donors (Lipinski definition) is 1. The Hall–Kier alpha value is -1.60. The van der Waals surface area contributed by atoms with E-state index in [1.54, 1.807) is 0 Å². The lowest BCUT2D eigenvalue weighted by atomic mass is 10.0.